The normalized spacial score (nSPS) is 16.1. The quantitative estimate of drug-likeness (QED) is 0.502. The van der Waals surface area contributed by atoms with Gasteiger partial charge in [-0.2, -0.15) is 4.98 Å². The van der Waals surface area contributed by atoms with Crippen LogP contribution in [0.3, 0.4) is 0 Å². The van der Waals surface area contributed by atoms with Crippen LogP contribution in [-0.2, 0) is 11.3 Å². The van der Waals surface area contributed by atoms with E-state index in [0.29, 0.717) is 47.6 Å². The minimum Gasteiger partial charge on any atom is -0.493 e. The first-order valence-corrected chi connectivity index (χ1v) is 11.2. The van der Waals surface area contributed by atoms with Crippen molar-refractivity contribution < 1.29 is 23.6 Å². The number of nitrogens with zero attached hydrogens (tertiary/aromatic N) is 3. The van der Waals surface area contributed by atoms with Gasteiger partial charge in [0.1, 0.15) is 0 Å². The number of hydrogen-bond donors (Lipinski definition) is 1. The molecule has 2 heterocycles. The first kappa shape index (κ1) is 23.4. The number of amides is 1. The lowest BCUT2D eigenvalue weighted by Crippen LogP contribution is -2.40. The summed E-state index contributed by atoms with van der Waals surface area (Å²) in [6.07, 6.45) is 1.69. The molecule has 9 heteroatoms. The van der Waals surface area contributed by atoms with Crippen molar-refractivity contribution >= 4 is 17.4 Å². The van der Waals surface area contributed by atoms with Crippen molar-refractivity contribution in [1.82, 2.24) is 15.0 Å². The zero-order valence-corrected chi connectivity index (χ0v) is 19.5. The molecule has 0 saturated carbocycles. The minimum absolute atomic E-state index is 0.0352. The molecule has 0 spiro atoms. The first-order chi connectivity index (χ1) is 16.5. The molecule has 1 saturated heterocycles. The number of nitrogens with one attached hydrogen (secondary N) is 1. The summed E-state index contributed by atoms with van der Waals surface area (Å²) in [7, 11) is 3.16. The molecule has 4 rings (SSSR count). The van der Waals surface area contributed by atoms with Gasteiger partial charge in [-0.05, 0) is 56.6 Å². The Bertz CT molecular complexity index is 1180. The van der Waals surface area contributed by atoms with Gasteiger partial charge >= 0.3 is 0 Å². The van der Waals surface area contributed by atoms with Crippen LogP contribution in [0.2, 0.25) is 0 Å². The lowest BCUT2D eigenvalue weighted by molar-refractivity contribution is -0.121. The summed E-state index contributed by atoms with van der Waals surface area (Å²) in [6, 6.07) is 12.4. The number of anilines is 1. The molecule has 0 bridgehead atoms. The molecule has 2 aromatic carbocycles. The van der Waals surface area contributed by atoms with Crippen LogP contribution in [-0.4, -0.2) is 54.0 Å². The van der Waals surface area contributed by atoms with E-state index in [1.165, 1.54) is 6.92 Å². The largest absolute Gasteiger partial charge is 0.493 e. The lowest BCUT2D eigenvalue weighted by atomic mass is 9.97. The predicted molar refractivity (Wildman–Crippen MR) is 126 cm³/mol. The van der Waals surface area contributed by atoms with Crippen LogP contribution in [0.25, 0.3) is 11.4 Å². The van der Waals surface area contributed by atoms with E-state index in [0.717, 1.165) is 24.9 Å². The highest BCUT2D eigenvalue weighted by molar-refractivity contribution is 5.97. The van der Waals surface area contributed by atoms with E-state index >= 15 is 0 Å². The average molecular weight is 465 g/mol. The first-order valence-electron chi connectivity index (χ1n) is 11.2. The summed E-state index contributed by atoms with van der Waals surface area (Å²) in [5.74, 6) is 1.91. The fourth-order valence-electron chi connectivity index (χ4n) is 4.08. The van der Waals surface area contributed by atoms with Crippen LogP contribution < -0.4 is 14.8 Å². The molecular weight excluding hydrogens is 436 g/mol. The summed E-state index contributed by atoms with van der Waals surface area (Å²) >= 11 is 0. The number of methoxy groups -OCH3 is 2. The van der Waals surface area contributed by atoms with E-state index in [4.69, 9.17) is 14.0 Å². The van der Waals surface area contributed by atoms with Crippen molar-refractivity contribution in [3.8, 4) is 22.9 Å². The Morgan fingerprint density at radius 2 is 1.97 bits per heavy atom. The molecule has 178 valence electrons. The molecule has 1 atom stereocenters. The molecule has 1 N–H and O–H groups in total. The third-order valence-electron chi connectivity index (χ3n) is 5.88. The standard InChI is InChI=1S/C25H28N4O5/c1-16(30)17-6-4-8-20(12-17)26-25(31)19-7-5-11-29(14-19)15-23-27-24(28-34-23)18-9-10-21(32-2)22(13-18)33-3/h4,6,8-10,12-13,19H,5,7,11,14-15H2,1-3H3,(H,26,31)/t19-/m0/s1. The highest BCUT2D eigenvalue weighted by Crippen LogP contribution is 2.31. The molecule has 0 unspecified atom stereocenters. The summed E-state index contributed by atoms with van der Waals surface area (Å²) in [5, 5.41) is 7.05. The molecule has 1 aliphatic heterocycles. The van der Waals surface area contributed by atoms with Crippen LogP contribution >= 0.6 is 0 Å². The summed E-state index contributed by atoms with van der Waals surface area (Å²) in [4.78, 5) is 31.1. The summed E-state index contributed by atoms with van der Waals surface area (Å²) in [5.41, 5.74) is 1.97. The Kier molecular flexibility index (Phi) is 7.22. The number of aromatic nitrogens is 2. The van der Waals surface area contributed by atoms with Gasteiger partial charge in [-0.25, -0.2) is 0 Å². The fraction of sp³-hybridized carbons (Fsp3) is 0.360. The molecule has 9 nitrogen and oxygen atoms in total. The van der Waals surface area contributed by atoms with Gasteiger partial charge in [-0.15, -0.1) is 0 Å². The number of benzene rings is 2. The van der Waals surface area contributed by atoms with E-state index in [2.05, 4.69) is 20.4 Å². The molecule has 1 fully saturated rings. The summed E-state index contributed by atoms with van der Waals surface area (Å²) < 4.78 is 16.1. The second kappa shape index (κ2) is 10.5. The number of carbonyl (C=O) groups is 2. The van der Waals surface area contributed by atoms with E-state index < -0.39 is 0 Å². The van der Waals surface area contributed by atoms with Crippen molar-refractivity contribution in [2.45, 2.75) is 26.3 Å². The van der Waals surface area contributed by atoms with Crippen LogP contribution in [0, 0.1) is 5.92 Å². The van der Waals surface area contributed by atoms with Crippen LogP contribution in [0.5, 0.6) is 11.5 Å². The van der Waals surface area contributed by atoms with Gasteiger partial charge < -0.3 is 19.3 Å². The topological polar surface area (TPSA) is 107 Å². The number of ether oxygens (including phenoxy) is 2. The maximum Gasteiger partial charge on any atom is 0.241 e. The van der Waals surface area contributed by atoms with Gasteiger partial charge in [0.2, 0.25) is 17.6 Å². The van der Waals surface area contributed by atoms with E-state index in [9.17, 15) is 9.59 Å². The van der Waals surface area contributed by atoms with E-state index in [-0.39, 0.29) is 17.6 Å². The van der Waals surface area contributed by atoms with Gasteiger partial charge in [-0.1, -0.05) is 17.3 Å². The van der Waals surface area contributed by atoms with Crippen LogP contribution in [0.4, 0.5) is 5.69 Å². The monoisotopic (exact) mass is 464 g/mol. The third-order valence-corrected chi connectivity index (χ3v) is 5.88. The zero-order chi connectivity index (χ0) is 24.1. The fourth-order valence-corrected chi connectivity index (χ4v) is 4.08. The SMILES string of the molecule is COc1ccc(-c2noc(CN3CCC[C@H](C(=O)Nc4cccc(C(C)=O)c4)C3)n2)cc1OC. The van der Waals surface area contributed by atoms with Crippen LogP contribution in [0.1, 0.15) is 36.0 Å². The van der Waals surface area contributed by atoms with Crippen molar-refractivity contribution in [3.63, 3.8) is 0 Å². The van der Waals surface area contributed by atoms with Crippen molar-refractivity contribution in [2.24, 2.45) is 5.92 Å². The van der Waals surface area contributed by atoms with E-state index in [1.54, 1.807) is 50.6 Å². The number of rotatable bonds is 8. The van der Waals surface area contributed by atoms with E-state index in [1.807, 2.05) is 6.07 Å². The van der Waals surface area contributed by atoms with Gasteiger partial charge in [0.25, 0.3) is 0 Å². The minimum atomic E-state index is -0.164. The molecule has 34 heavy (non-hydrogen) atoms. The highest BCUT2D eigenvalue weighted by Gasteiger charge is 2.27. The lowest BCUT2D eigenvalue weighted by Gasteiger charge is -2.30. The Morgan fingerprint density at radius 1 is 1.15 bits per heavy atom. The van der Waals surface area contributed by atoms with Crippen molar-refractivity contribution in [3.05, 3.63) is 53.9 Å². The molecule has 1 amide bonds. The molecule has 0 aliphatic carbocycles. The van der Waals surface area contributed by atoms with Crippen LogP contribution in [0.15, 0.2) is 47.0 Å². The second-order valence-corrected chi connectivity index (χ2v) is 8.28. The highest BCUT2D eigenvalue weighted by atomic mass is 16.5. The molecule has 1 aromatic heterocycles. The van der Waals surface area contributed by atoms with Crippen molar-refractivity contribution in [1.29, 1.82) is 0 Å². The maximum atomic E-state index is 12.9. The number of carbonyl (C=O) groups excluding carboxylic acids is 2. The average Bonchev–Trinajstić information content (AvgIpc) is 3.32. The molecule has 1 aliphatic rings. The smallest absolute Gasteiger partial charge is 0.241 e. The second-order valence-electron chi connectivity index (χ2n) is 8.28. The molecular formula is C25H28N4O5. The number of piperidine rings is 1. The van der Waals surface area contributed by atoms with Gasteiger partial charge in [0, 0.05) is 23.4 Å². The number of likely N-dealkylation sites (tertiary alicyclic amines) is 1. The summed E-state index contributed by atoms with van der Waals surface area (Å²) in [6.45, 7) is 3.40. The molecule has 0 radical (unpaired) electrons. The number of Topliss-reactive ketones (excluding diaryl/α,β-unsaturated/α-hetero) is 1. The number of hydrogen-bond acceptors (Lipinski definition) is 8. The zero-order valence-electron chi connectivity index (χ0n) is 19.5. The number of ketones is 1. The Labute approximate surface area is 198 Å². The third kappa shape index (κ3) is 5.43. The molecule has 3 aromatic rings. The Morgan fingerprint density at radius 3 is 2.74 bits per heavy atom. The predicted octanol–water partition coefficient (Wildman–Crippen LogP) is 3.81. The van der Waals surface area contributed by atoms with Gasteiger partial charge in [0.15, 0.2) is 17.3 Å². The van der Waals surface area contributed by atoms with Crippen molar-refractivity contribution in [2.75, 3.05) is 32.6 Å². The van der Waals surface area contributed by atoms with Gasteiger partial charge in [-0.3, -0.25) is 14.5 Å². The Hall–Kier alpha value is -3.72. The van der Waals surface area contributed by atoms with Gasteiger partial charge in [0.05, 0.1) is 26.7 Å². The maximum absolute atomic E-state index is 12.9. The Balaban J connectivity index is 1.38.